The Morgan fingerprint density at radius 1 is 1.00 bits per heavy atom. The van der Waals surface area contributed by atoms with E-state index >= 15 is 0 Å². The third-order valence-corrected chi connectivity index (χ3v) is 3.97. The summed E-state index contributed by atoms with van der Waals surface area (Å²) in [4.78, 5) is 0.994. The molecule has 9 heteroatoms. The molecule has 3 nitrogen and oxygen atoms in total. The molecule has 0 unspecified atom stereocenters. The summed E-state index contributed by atoms with van der Waals surface area (Å²) in [7, 11) is 0. The lowest BCUT2D eigenvalue weighted by Gasteiger charge is -2.41. The molecule has 0 radical (unpaired) electrons. The van der Waals surface area contributed by atoms with E-state index in [0.717, 1.165) is 23.5 Å². The predicted octanol–water partition coefficient (Wildman–Crippen LogP) is 4.52. The summed E-state index contributed by atoms with van der Waals surface area (Å²) in [6.45, 7) is 2.84. The van der Waals surface area contributed by atoms with Crippen LogP contribution in [0.5, 0.6) is 0 Å². The van der Waals surface area contributed by atoms with Crippen LogP contribution in [0.3, 0.4) is 0 Å². The first-order chi connectivity index (χ1) is 11.4. The quantitative estimate of drug-likeness (QED) is 0.748. The lowest BCUT2D eigenvalue weighted by Crippen LogP contribution is -2.54. The fourth-order valence-corrected chi connectivity index (χ4v) is 2.74. The molecule has 2 rings (SSSR count). The molecule has 0 bridgehead atoms. The number of rotatable bonds is 1. The maximum Gasteiger partial charge on any atom is 0.411 e. The van der Waals surface area contributed by atoms with Crippen LogP contribution in [-0.2, 0) is 0 Å². The molecule has 1 aliphatic heterocycles. The average Bonchev–Trinajstić information content (AvgIpc) is 2.46. The second-order valence-corrected chi connectivity index (χ2v) is 5.63. The Hall–Kier alpha value is -2.63. The molecule has 1 aliphatic rings. The number of aryl methyl sites for hydroxylation is 1. The number of nitriles is 1. The van der Waals surface area contributed by atoms with E-state index < -0.39 is 29.2 Å². The number of nitrogens with zero attached hydrogens (tertiary/aromatic N) is 2. The van der Waals surface area contributed by atoms with Gasteiger partial charge in [0.2, 0.25) is 5.41 Å². The topological polar surface area (TPSA) is 53.1 Å². The summed E-state index contributed by atoms with van der Waals surface area (Å²) < 4.78 is 80.6. The number of anilines is 1. The van der Waals surface area contributed by atoms with Gasteiger partial charge in [-0.15, -0.1) is 0 Å². The molecule has 1 aromatic rings. The highest BCUT2D eigenvalue weighted by Gasteiger charge is 2.73. The van der Waals surface area contributed by atoms with Gasteiger partial charge in [0.05, 0.1) is 5.57 Å². The van der Waals surface area contributed by atoms with Gasteiger partial charge in [0.15, 0.2) is 0 Å². The predicted molar refractivity (Wildman–Crippen MR) is 78.8 cm³/mol. The first-order valence-electron chi connectivity index (χ1n) is 6.97. The third-order valence-electron chi connectivity index (χ3n) is 3.97. The van der Waals surface area contributed by atoms with Gasteiger partial charge in [-0.25, -0.2) is 0 Å². The number of nitrogens with two attached hydrogens (primary N) is 1. The van der Waals surface area contributed by atoms with Crippen LogP contribution < -0.4 is 10.6 Å². The highest BCUT2D eigenvalue weighted by Crippen LogP contribution is 2.58. The third kappa shape index (κ3) is 2.71. The zero-order valence-corrected chi connectivity index (χ0v) is 13.1. The molecule has 134 valence electrons. The van der Waals surface area contributed by atoms with E-state index in [0.29, 0.717) is 0 Å². The van der Waals surface area contributed by atoms with Gasteiger partial charge in [0.25, 0.3) is 0 Å². The van der Waals surface area contributed by atoms with Gasteiger partial charge < -0.3 is 10.6 Å². The SMILES string of the molecule is CC1=CC(C(F)(F)F)(C(F)(F)F)C(C#N)=C(N)N1c1ccc(C)cc1. The maximum absolute atomic E-state index is 13.4. The van der Waals surface area contributed by atoms with Crippen LogP contribution in [0, 0.1) is 23.7 Å². The van der Waals surface area contributed by atoms with Crippen molar-refractivity contribution in [2.75, 3.05) is 4.90 Å². The largest absolute Gasteiger partial charge is 0.411 e. The molecule has 0 atom stereocenters. The highest BCUT2D eigenvalue weighted by atomic mass is 19.4. The van der Waals surface area contributed by atoms with E-state index in [2.05, 4.69) is 0 Å². The number of allylic oxidation sites excluding steroid dienone is 3. The number of hydrogen-bond donors (Lipinski definition) is 1. The Bertz CT molecular complexity index is 764. The molecule has 25 heavy (non-hydrogen) atoms. The normalized spacial score (nSPS) is 18.0. The Morgan fingerprint density at radius 2 is 1.48 bits per heavy atom. The molecule has 0 fully saturated rings. The van der Waals surface area contributed by atoms with Crippen molar-refractivity contribution < 1.29 is 26.3 Å². The highest BCUT2D eigenvalue weighted by molar-refractivity contribution is 5.64. The minimum Gasteiger partial charge on any atom is -0.384 e. The lowest BCUT2D eigenvalue weighted by atomic mass is 9.75. The van der Waals surface area contributed by atoms with Crippen molar-refractivity contribution in [2.24, 2.45) is 11.1 Å². The van der Waals surface area contributed by atoms with Gasteiger partial charge in [-0.05, 0) is 32.1 Å². The summed E-state index contributed by atoms with van der Waals surface area (Å²) in [5.74, 6) is -0.902. The number of hydrogen-bond acceptors (Lipinski definition) is 3. The van der Waals surface area contributed by atoms with Crippen molar-refractivity contribution in [3.05, 3.63) is 53.0 Å². The zero-order chi connectivity index (χ0) is 19.2. The molecule has 0 saturated carbocycles. The van der Waals surface area contributed by atoms with E-state index in [4.69, 9.17) is 11.0 Å². The standard InChI is InChI=1S/C16H13F6N3/c1-9-3-5-11(6-4-9)25-10(2)7-14(15(17,18)19,16(20,21)22)12(8-23)13(25)24/h3-7H,24H2,1-2H3. The van der Waals surface area contributed by atoms with Crippen LogP contribution in [0.1, 0.15) is 12.5 Å². The molecule has 0 aliphatic carbocycles. The summed E-state index contributed by atoms with van der Waals surface area (Å²) in [6, 6.07) is 7.24. The van der Waals surface area contributed by atoms with Crippen LogP contribution in [0.15, 0.2) is 47.4 Å². The van der Waals surface area contributed by atoms with Gasteiger partial charge in [0, 0.05) is 11.4 Å². The fraction of sp³-hybridized carbons (Fsp3) is 0.312. The number of benzene rings is 1. The number of alkyl halides is 6. The molecule has 0 aromatic heterocycles. The van der Waals surface area contributed by atoms with E-state index in [1.54, 1.807) is 19.1 Å². The van der Waals surface area contributed by atoms with Gasteiger partial charge >= 0.3 is 12.4 Å². The molecule has 0 amide bonds. The van der Waals surface area contributed by atoms with Crippen LogP contribution in [0.25, 0.3) is 0 Å². The second kappa shape index (κ2) is 5.72. The van der Waals surface area contributed by atoms with Gasteiger partial charge in [-0.1, -0.05) is 17.7 Å². The summed E-state index contributed by atoms with van der Waals surface area (Å²) >= 11 is 0. The zero-order valence-electron chi connectivity index (χ0n) is 13.1. The smallest absolute Gasteiger partial charge is 0.384 e. The van der Waals surface area contributed by atoms with Crippen molar-refractivity contribution in [3.63, 3.8) is 0 Å². The van der Waals surface area contributed by atoms with Crippen LogP contribution in [0.2, 0.25) is 0 Å². The second-order valence-electron chi connectivity index (χ2n) is 5.63. The van der Waals surface area contributed by atoms with Crippen molar-refractivity contribution in [1.82, 2.24) is 0 Å². The summed E-state index contributed by atoms with van der Waals surface area (Å²) in [5.41, 5.74) is 0.278. The first kappa shape index (κ1) is 18.7. The fourth-order valence-electron chi connectivity index (χ4n) is 2.74. The van der Waals surface area contributed by atoms with Crippen molar-refractivity contribution in [1.29, 1.82) is 5.26 Å². The molecule has 2 N–H and O–H groups in total. The Balaban J connectivity index is 2.79. The Morgan fingerprint density at radius 3 is 1.88 bits per heavy atom. The Kier molecular flexibility index (Phi) is 4.28. The molecule has 0 spiro atoms. The van der Waals surface area contributed by atoms with Crippen molar-refractivity contribution in [3.8, 4) is 6.07 Å². The van der Waals surface area contributed by atoms with Crippen LogP contribution in [-0.4, -0.2) is 12.4 Å². The molecular formula is C16H13F6N3. The number of halogens is 6. The summed E-state index contributed by atoms with van der Waals surface area (Å²) in [5, 5.41) is 9.07. The monoisotopic (exact) mass is 361 g/mol. The van der Waals surface area contributed by atoms with Crippen LogP contribution in [0.4, 0.5) is 32.0 Å². The van der Waals surface area contributed by atoms with Gasteiger partial charge in [-0.2, -0.15) is 31.6 Å². The lowest BCUT2D eigenvalue weighted by molar-refractivity contribution is -0.306. The van der Waals surface area contributed by atoms with Gasteiger partial charge in [-0.3, -0.25) is 0 Å². The maximum atomic E-state index is 13.4. The van der Waals surface area contributed by atoms with E-state index in [-0.39, 0.29) is 17.5 Å². The van der Waals surface area contributed by atoms with Crippen molar-refractivity contribution >= 4 is 5.69 Å². The molecular weight excluding hydrogens is 348 g/mol. The van der Waals surface area contributed by atoms with E-state index in [1.165, 1.54) is 12.1 Å². The summed E-state index contributed by atoms with van der Waals surface area (Å²) in [6.07, 6.45) is -11.6. The van der Waals surface area contributed by atoms with E-state index in [1.807, 2.05) is 0 Å². The first-order valence-corrected chi connectivity index (χ1v) is 6.97. The molecule has 1 heterocycles. The average molecular weight is 361 g/mol. The Labute approximate surface area is 139 Å². The van der Waals surface area contributed by atoms with Gasteiger partial charge in [0.1, 0.15) is 11.9 Å². The van der Waals surface area contributed by atoms with Crippen molar-refractivity contribution in [2.45, 2.75) is 26.2 Å². The minimum atomic E-state index is -5.78. The molecule has 1 aromatic carbocycles. The molecule has 0 saturated heterocycles. The van der Waals surface area contributed by atoms with E-state index in [9.17, 15) is 26.3 Å². The minimum absolute atomic E-state index is 0.00176. The van der Waals surface area contributed by atoms with Crippen LogP contribution >= 0.6 is 0 Å².